The first kappa shape index (κ1) is 18.4. The Morgan fingerprint density at radius 3 is 2.59 bits per heavy atom. The number of carbonyl (C=O) groups excluding carboxylic acids is 1. The summed E-state index contributed by atoms with van der Waals surface area (Å²) >= 11 is 0. The third-order valence-electron chi connectivity index (χ3n) is 4.52. The van der Waals surface area contributed by atoms with Gasteiger partial charge in [0.15, 0.2) is 5.52 Å². The van der Waals surface area contributed by atoms with Gasteiger partial charge in [0.25, 0.3) is 5.56 Å². The van der Waals surface area contributed by atoms with Gasteiger partial charge in [-0.1, -0.05) is 17.7 Å². The normalized spacial score (nSPS) is 10.9. The van der Waals surface area contributed by atoms with Crippen LogP contribution in [0.15, 0.2) is 75.0 Å². The van der Waals surface area contributed by atoms with Gasteiger partial charge in [0, 0.05) is 11.9 Å². The number of aryl methyl sites for hydroxylation is 1. The number of carbonyl (C=O) groups is 1. The molecule has 0 unspecified atom stereocenters. The number of rotatable bonds is 5. The summed E-state index contributed by atoms with van der Waals surface area (Å²) in [5, 5.41) is 2.76. The molecule has 3 aromatic heterocycles. The van der Waals surface area contributed by atoms with Gasteiger partial charge in [-0.05, 0) is 43.3 Å². The van der Waals surface area contributed by atoms with E-state index >= 15 is 0 Å². The lowest BCUT2D eigenvalue weighted by Crippen LogP contribution is -2.42. The average Bonchev–Trinajstić information content (AvgIpc) is 3.23. The highest BCUT2D eigenvalue weighted by Gasteiger charge is 2.17. The van der Waals surface area contributed by atoms with E-state index in [1.807, 2.05) is 19.1 Å². The number of furan rings is 1. The molecule has 0 aliphatic carbocycles. The van der Waals surface area contributed by atoms with E-state index in [2.05, 4.69) is 10.3 Å². The predicted molar refractivity (Wildman–Crippen MR) is 108 cm³/mol. The molecule has 8 heteroatoms. The number of aromatic nitrogens is 3. The van der Waals surface area contributed by atoms with Crippen LogP contribution in [0.5, 0.6) is 0 Å². The maximum atomic E-state index is 13.0. The van der Waals surface area contributed by atoms with Crippen LogP contribution in [0.1, 0.15) is 11.3 Å². The summed E-state index contributed by atoms with van der Waals surface area (Å²) in [5.74, 6) is 0.0689. The molecule has 0 fully saturated rings. The smallest absolute Gasteiger partial charge is 0.332 e. The number of pyridine rings is 1. The zero-order valence-corrected chi connectivity index (χ0v) is 15.7. The second-order valence-electron chi connectivity index (χ2n) is 6.62. The highest BCUT2D eigenvalue weighted by atomic mass is 16.3. The minimum absolute atomic E-state index is 0.0449. The van der Waals surface area contributed by atoms with Gasteiger partial charge in [-0.2, -0.15) is 0 Å². The van der Waals surface area contributed by atoms with Crippen LogP contribution in [0.25, 0.3) is 11.0 Å². The molecule has 146 valence electrons. The van der Waals surface area contributed by atoms with Crippen molar-refractivity contribution in [3.05, 3.63) is 93.2 Å². The first-order chi connectivity index (χ1) is 14.0. The number of anilines is 1. The van der Waals surface area contributed by atoms with Gasteiger partial charge in [-0.25, -0.2) is 9.78 Å². The number of nitrogens with zero attached hydrogens (tertiary/aromatic N) is 3. The highest BCUT2D eigenvalue weighted by Crippen LogP contribution is 2.10. The fourth-order valence-electron chi connectivity index (χ4n) is 3.07. The molecule has 29 heavy (non-hydrogen) atoms. The number of hydrogen-bond donors (Lipinski definition) is 1. The molecule has 0 spiro atoms. The first-order valence-electron chi connectivity index (χ1n) is 9.00. The predicted octanol–water partition coefficient (Wildman–Crippen LogP) is 2.15. The van der Waals surface area contributed by atoms with E-state index in [9.17, 15) is 14.4 Å². The third kappa shape index (κ3) is 3.73. The molecule has 0 atom stereocenters. The molecule has 3 heterocycles. The van der Waals surface area contributed by atoms with E-state index in [1.165, 1.54) is 17.0 Å². The maximum Gasteiger partial charge on any atom is 0.332 e. The van der Waals surface area contributed by atoms with Gasteiger partial charge in [0.05, 0.1) is 18.3 Å². The molecule has 4 aromatic rings. The molecular weight excluding hydrogens is 372 g/mol. The molecule has 0 saturated carbocycles. The van der Waals surface area contributed by atoms with E-state index < -0.39 is 11.2 Å². The molecule has 0 saturated heterocycles. The van der Waals surface area contributed by atoms with Gasteiger partial charge in [-0.3, -0.25) is 18.7 Å². The quantitative estimate of drug-likeness (QED) is 0.563. The van der Waals surface area contributed by atoms with E-state index in [-0.39, 0.29) is 24.5 Å². The fourth-order valence-corrected chi connectivity index (χ4v) is 3.07. The Hall–Kier alpha value is -3.94. The van der Waals surface area contributed by atoms with Crippen molar-refractivity contribution < 1.29 is 9.21 Å². The van der Waals surface area contributed by atoms with Crippen LogP contribution in [0.4, 0.5) is 5.69 Å². The third-order valence-corrected chi connectivity index (χ3v) is 4.52. The van der Waals surface area contributed by atoms with Crippen molar-refractivity contribution in [2.24, 2.45) is 0 Å². The van der Waals surface area contributed by atoms with Crippen LogP contribution in [0, 0.1) is 6.92 Å². The van der Waals surface area contributed by atoms with Crippen LogP contribution in [-0.2, 0) is 17.9 Å². The zero-order valence-electron chi connectivity index (χ0n) is 15.7. The summed E-state index contributed by atoms with van der Waals surface area (Å²) in [7, 11) is 0. The highest BCUT2D eigenvalue weighted by molar-refractivity contribution is 5.91. The van der Waals surface area contributed by atoms with Crippen LogP contribution < -0.4 is 16.6 Å². The van der Waals surface area contributed by atoms with Gasteiger partial charge in [0.2, 0.25) is 5.91 Å². The number of fused-ring (bicyclic) bond motifs is 1. The van der Waals surface area contributed by atoms with Crippen molar-refractivity contribution in [1.82, 2.24) is 14.1 Å². The summed E-state index contributed by atoms with van der Waals surface area (Å²) in [6.07, 6.45) is 2.94. The van der Waals surface area contributed by atoms with Crippen molar-refractivity contribution in [3.8, 4) is 0 Å². The van der Waals surface area contributed by atoms with Gasteiger partial charge in [-0.15, -0.1) is 0 Å². The Balaban J connectivity index is 1.74. The molecule has 0 aliphatic heterocycles. The van der Waals surface area contributed by atoms with Crippen molar-refractivity contribution in [1.29, 1.82) is 0 Å². The Labute approximate surface area is 165 Å². The van der Waals surface area contributed by atoms with Crippen molar-refractivity contribution >= 4 is 22.6 Å². The molecule has 4 rings (SSSR count). The van der Waals surface area contributed by atoms with E-state index in [0.717, 1.165) is 10.1 Å². The SMILES string of the molecule is Cc1ccc(NC(=O)Cn2c(=O)n(Cc3ccco3)c(=O)c3ncccc32)cc1. The molecule has 8 nitrogen and oxygen atoms in total. The summed E-state index contributed by atoms with van der Waals surface area (Å²) in [5.41, 5.74) is 0.975. The van der Waals surface area contributed by atoms with E-state index in [4.69, 9.17) is 4.42 Å². The molecule has 0 aliphatic rings. The molecular formula is C21H18N4O4. The maximum absolute atomic E-state index is 13.0. The van der Waals surface area contributed by atoms with Crippen molar-refractivity contribution in [2.45, 2.75) is 20.0 Å². The van der Waals surface area contributed by atoms with Crippen LogP contribution in [0.2, 0.25) is 0 Å². The van der Waals surface area contributed by atoms with Gasteiger partial charge in [0.1, 0.15) is 12.3 Å². The summed E-state index contributed by atoms with van der Waals surface area (Å²) in [6, 6.07) is 13.9. The Bertz CT molecular complexity index is 1290. The van der Waals surface area contributed by atoms with Crippen LogP contribution in [-0.4, -0.2) is 20.0 Å². The number of benzene rings is 1. The fraction of sp³-hybridized carbons (Fsp3) is 0.143. The molecule has 1 aromatic carbocycles. The zero-order chi connectivity index (χ0) is 20.4. The number of amides is 1. The lowest BCUT2D eigenvalue weighted by atomic mass is 10.2. The standard InChI is InChI=1S/C21H18N4O4/c1-14-6-8-15(9-7-14)23-18(26)13-24-17-5-2-10-22-19(17)20(27)25(21(24)28)12-16-4-3-11-29-16/h2-11H,12-13H2,1H3,(H,23,26). The number of hydrogen-bond acceptors (Lipinski definition) is 5. The molecule has 0 bridgehead atoms. The van der Waals surface area contributed by atoms with E-state index in [0.29, 0.717) is 17.0 Å². The Kier molecular flexibility index (Phi) is 4.82. The first-order valence-corrected chi connectivity index (χ1v) is 9.00. The summed E-state index contributed by atoms with van der Waals surface area (Å²) in [4.78, 5) is 42.5. The minimum atomic E-state index is -0.606. The lowest BCUT2D eigenvalue weighted by molar-refractivity contribution is -0.116. The molecule has 0 radical (unpaired) electrons. The van der Waals surface area contributed by atoms with Crippen molar-refractivity contribution in [3.63, 3.8) is 0 Å². The second-order valence-corrected chi connectivity index (χ2v) is 6.62. The summed E-state index contributed by atoms with van der Waals surface area (Å²) < 4.78 is 7.53. The summed E-state index contributed by atoms with van der Waals surface area (Å²) in [6.45, 7) is 1.65. The monoisotopic (exact) mass is 390 g/mol. The number of nitrogens with one attached hydrogen (secondary N) is 1. The van der Waals surface area contributed by atoms with Crippen LogP contribution in [0.3, 0.4) is 0 Å². The van der Waals surface area contributed by atoms with Gasteiger partial charge >= 0.3 is 5.69 Å². The van der Waals surface area contributed by atoms with Crippen LogP contribution >= 0.6 is 0 Å². The Morgan fingerprint density at radius 2 is 1.86 bits per heavy atom. The largest absolute Gasteiger partial charge is 0.467 e. The van der Waals surface area contributed by atoms with E-state index in [1.54, 1.807) is 36.4 Å². The molecule has 1 amide bonds. The average molecular weight is 390 g/mol. The van der Waals surface area contributed by atoms with Gasteiger partial charge < -0.3 is 9.73 Å². The molecule has 1 N–H and O–H groups in total. The van der Waals surface area contributed by atoms with Crippen molar-refractivity contribution in [2.75, 3.05) is 5.32 Å². The Morgan fingerprint density at radius 1 is 1.07 bits per heavy atom. The minimum Gasteiger partial charge on any atom is -0.467 e. The second kappa shape index (κ2) is 7.59. The lowest BCUT2D eigenvalue weighted by Gasteiger charge is -2.13. The topological polar surface area (TPSA) is 99.1 Å².